The molecule has 0 saturated carbocycles. The Morgan fingerprint density at radius 3 is 2.30 bits per heavy atom. The minimum Gasteiger partial charge on any atom is -0.365 e. The molecular weight excluding hydrogens is 296 g/mol. The van der Waals surface area contributed by atoms with Crippen LogP contribution in [0.15, 0.2) is 35.2 Å². The molecule has 0 bridgehead atoms. The molecule has 2 aromatic rings. The molecule has 5 nitrogen and oxygen atoms in total. The zero-order chi connectivity index (χ0) is 14.9. The molecule has 20 heavy (non-hydrogen) atoms. The number of nitrogens with two attached hydrogens (primary N) is 2. The van der Waals surface area contributed by atoms with Gasteiger partial charge in [-0.15, -0.1) is 11.3 Å². The fourth-order valence-electron chi connectivity index (χ4n) is 2.04. The predicted molar refractivity (Wildman–Crippen MR) is 79.0 cm³/mol. The maximum atomic E-state index is 11.9. The fraction of sp³-hybridized carbons (Fsp3) is 0.154. The van der Waals surface area contributed by atoms with Gasteiger partial charge in [0.05, 0.1) is 0 Å². The molecule has 106 valence electrons. The summed E-state index contributed by atoms with van der Waals surface area (Å²) in [4.78, 5) is 12.1. The van der Waals surface area contributed by atoms with E-state index in [0.717, 1.165) is 16.2 Å². The molecule has 0 fully saturated rings. The van der Waals surface area contributed by atoms with Crippen LogP contribution in [0.5, 0.6) is 0 Å². The van der Waals surface area contributed by atoms with E-state index in [1.54, 1.807) is 24.3 Å². The average Bonchev–Trinajstić information content (AvgIpc) is 2.79. The summed E-state index contributed by atoms with van der Waals surface area (Å²) < 4.78 is 23.7. The first-order chi connectivity index (χ1) is 9.36. The average molecular weight is 310 g/mol. The largest absolute Gasteiger partial charge is 0.365 e. The van der Waals surface area contributed by atoms with Crippen molar-refractivity contribution in [1.29, 1.82) is 0 Å². The third-order valence-electron chi connectivity index (χ3n) is 2.83. The van der Waals surface area contributed by atoms with Gasteiger partial charge in [-0.25, -0.2) is 13.6 Å². The highest BCUT2D eigenvalue weighted by Gasteiger charge is 2.28. The Kier molecular flexibility index (Phi) is 3.94. The lowest BCUT2D eigenvalue weighted by Gasteiger charge is -2.06. The van der Waals surface area contributed by atoms with Crippen molar-refractivity contribution in [3.63, 3.8) is 0 Å². The molecule has 7 heteroatoms. The maximum Gasteiger partial charge on any atom is 0.260 e. The fourth-order valence-corrected chi connectivity index (χ4v) is 4.47. The molecule has 1 aromatic carbocycles. The van der Waals surface area contributed by atoms with Gasteiger partial charge in [0.25, 0.3) is 5.91 Å². The van der Waals surface area contributed by atoms with Crippen molar-refractivity contribution in [1.82, 2.24) is 0 Å². The Labute approximate surface area is 121 Å². The van der Waals surface area contributed by atoms with Gasteiger partial charge < -0.3 is 5.73 Å². The first-order valence-corrected chi connectivity index (χ1v) is 8.26. The van der Waals surface area contributed by atoms with E-state index in [-0.39, 0.29) is 9.77 Å². The van der Waals surface area contributed by atoms with E-state index in [1.165, 1.54) is 0 Å². The van der Waals surface area contributed by atoms with Crippen molar-refractivity contribution in [3.05, 3.63) is 40.1 Å². The number of primary amides is 1. The second-order valence-electron chi connectivity index (χ2n) is 4.19. The lowest BCUT2D eigenvalue weighted by molar-refractivity contribution is 0.100. The number of sulfonamides is 1. The van der Waals surface area contributed by atoms with Crippen molar-refractivity contribution in [3.8, 4) is 11.1 Å². The number of rotatable bonds is 4. The van der Waals surface area contributed by atoms with Crippen molar-refractivity contribution < 1.29 is 13.2 Å². The quantitative estimate of drug-likeness (QED) is 0.898. The first kappa shape index (κ1) is 14.7. The van der Waals surface area contributed by atoms with Gasteiger partial charge in [0, 0.05) is 10.4 Å². The van der Waals surface area contributed by atoms with Crippen LogP contribution in [0.25, 0.3) is 11.1 Å². The van der Waals surface area contributed by atoms with Gasteiger partial charge in [0.15, 0.2) is 0 Å². The summed E-state index contributed by atoms with van der Waals surface area (Å²) in [5.41, 5.74) is 6.46. The molecule has 0 unspecified atom stereocenters. The second-order valence-corrected chi connectivity index (χ2v) is 6.79. The van der Waals surface area contributed by atoms with Gasteiger partial charge in [0.2, 0.25) is 10.0 Å². The number of carbonyl (C=O) groups excluding carboxylic acids is 1. The molecule has 1 amide bonds. The molecule has 0 aliphatic rings. The topological polar surface area (TPSA) is 103 Å². The molecule has 0 spiro atoms. The first-order valence-electron chi connectivity index (χ1n) is 5.90. The standard InChI is InChI=1S/C13H14N2O3S2/c1-2-9-10(8-6-4-3-5-7-8)12(20(15,17)18)11(19-9)13(14)16/h3-7H,2H2,1H3,(H2,14,16)(H2,15,17,18). The zero-order valence-corrected chi connectivity index (χ0v) is 12.4. The highest BCUT2D eigenvalue weighted by Crippen LogP contribution is 2.39. The molecule has 0 radical (unpaired) electrons. The molecule has 0 aliphatic heterocycles. The van der Waals surface area contributed by atoms with E-state index in [4.69, 9.17) is 10.9 Å². The third-order valence-corrected chi connectivity index (χ3v) is 5.28. The van der Waals surface area contributed by atoms with Gasteiger partial charge in [-0.05, 0) is 12.0 Å². The van der Waals surface area contributed by atoms with Gasteiger partial charge >= 0.3 is 0 Å². The summed E-state index contributed by atoms with van der Waals surface area (Å²) in [5.74, 6) is -0.782. The number of aryl methyl sites for hydroxylation is 1. The molecule has 1 aromatic heterocycles. The number of carbonyl (C=O) groups is 1. The van der Waals surface area contributed by atoms with E-state index < -0.39 is 15.9 Å². The van der Waals surface area contributed by atoms with Crippen LogP contribution in [0.1, 0.15) is 21.5 Å². The Balaban J connectivity index is 2.88. The number of benzene rings is 1. The summed E-state index contributed by atoms with van der Waals surface area (Å²) >= 11 is 1.08. The van der Waals surface area contributed by atoms with Crippen molar-refractivity contribution in [2.24, 2.45) is 10.9 Å². The summed E-state index contributed by atoms with van der Waals surface area (Å²) in [7, 11) is -4.04. The van der Waals surface area contributed by atoms with E-state index in [9.17, 15) is 13.2 Å². The van der Waals surface area contributed by atoms with Crippen molar-refractivity contribution >= 4 is 27.3 Å². The van der Waals surface area contributed by atoms with Crippen molar-refractivity contribution in [2.75, 3.05) is 0 Å². The second kappa shape index (κ2) is 5.35. The normalized spacial score (nSPS) is 11.5. The smallest absolute Gasteiger partial charge is 0.260 e. The highest BCUT2D eigenvalue weighted by atomic mass is 32.2. The summed E-state index contributed by atoms with van der Waals surface area (Å²) in [6, 6.07) is 8.97. The Hall–Kier alpha value is -1.70. The van der Waals surface area contributed by atoms with E-state index in [0.29, 0.717) is 17.5 Å². The number of hydrogen-bond donors (Lipinski definition) is 2. The summed E-state index contributed by atoms with van der Waals surface area (Å²) in [5, 5.41) is 5.27. The number of primary sulfonamides is 1. The van der Waals surface area contributed by atoms with Crippen molar-refractivity contribution in [2.45, 2.75) is 18.2 Å². The number of amides is 1. The van der Waals surface area contributed by atoms with Crippen LogP contribution in [-0.4, -0.2) is 14.3 Å². The molecule has 2 rings (SSSR count). The minimum absolute atomic E-state index is 0.0109. The van der Waals surface area contributed by atoms with Gasteiger partial charge in [-0.1, -0.05) is 37.3 Å². The third kappa shape index (κ3) is 2.60. The molecule has 0 aliphatic carbocycles. The summed E-state index contributed by atoms with van der Waals surface area (Å²) in [6.45, 7) is 1.88. The molecule has 0 saturated heterocycles. The van der Waals surface area contributed by atoms with E-state index >= 15 is 0 Å². The monoisotopic (exact) mass is 310 g/mol. The number of thiophene rings is 1. The van der Waals surface area contributed by atoms with Crippen LogP contribution in [0.3, 0.4) is 0 Å². The van der Waals surface area contributed by atoms with Crippen LogP contribution >= 0.6 is 11.3 Å². The Bertz CT molecular complexity index is 749. The van der Waals surface area contributed by atoms with Crippen LogP contribution in [0, 0.1) is 0 Å². The maximum absolute atomic E-state index is 11.9. The van der Waals surface area contributed by atoms with Gasteiger partial charge in [-0.3, -0.25) is 4.79 Å². The summed E-state index contributed by atoms with van der Waals surface area (Å²) in [6.07, 6.45) is 0.588. The SMILES string of the molecule is CCc1sc(C(N)=O)c(S(N)(=O)=O)c1-c1ccccc1. The van der Waals surface area contributed by atoms with Gasteiger partial charge in [0.1, 0.15) is 9.77 Å². The Morgan fingerprint density at radius 1 is 1.25 bits per heavy atom. The van der Waals surface area contributed by atoms with E-state index in [2.05, 4.69) is 0 Å². The molecule has 1 heterocycles. The van der Waals surface area contributed by atoms with Gasteiger partial charge in [-0.2, -0.15) is 0 Å². The lowest BCUT2D eigenvalue weighted by Crippen LogP contribution is -2.19. The van der Waals surface area contributed by atoms with Crippen LogP contribution in [0.2, 0.25) is 0 Å². The number of hydrogen-bond acceptors (Lipinski definition) is 4. The van der Waals surface area contributed by atoms with Crippen LogP contribution in [-0.2, 0) is 16.4 Å². The van der Waals surface area contributed by atoms with E-state index in [1.807, 2.05) is 13.0 Å². The lowest BCUT2D eigenvalue weighted by atomic mass is 10.1. The molecule has 4 N–H and O–H groups in total. The molecule has 0 atom stereocenters. The minimum atomic E-state index is -4.04. The predicted octanol–water partition coefficient (Wildman–Crippen LogP) is 1.72. The Morgan fingerprint density at radius 2 is 1.85 bits per heavy atom. The molecular formula is C13H14N2O3S2. The highest BCUT2D eigenvalue weighted by molar-refractivity contribution is 7.89. The zero-order valence-electron chi connectivity index (χ0n) is 10.8. The van der Waals surface area contributed by atoms with Crippen LogP contribution < -0.4 is 10.9 Å². The van der Waals surface area contributed by atoms with Crippen LogP contribution in [0.4, 0.5) is 0 Å².